The van der Waals surface area contributed by atoms with Crippen LogP contribution in [0.4, 0.5) is 11.6 Å². The number of aromatic nitrogens is 2. The summed E-state index contributed by atoms with van der Waals surface area (Å²) in [6.07, 6.45) is 2.90. The zero-order chi connectivity index (χ0) is 18.5. The molecule has 1 amide bonds. The highest BCUT2D eigenvalue weighted by Crippen LogP contribution is 2.30. The lowest BCUT2D eigenvalue weighted by Crippen LogP contribution is -2.14. The highest BCUT2D eigenvalue weighted by Gasteiger charge is 2.12. The number of carbonyl (C=O) groups excluding carboxylic acids is 1. The average Bonchev–Trinajstić information content (AvgIpc) is 2.65. The fraction of sp³-hybridized carbons (Fsp3) is 0.105. The SMILES string of the molecule is Cc1ccc(CNc2ncc(C(=O)Nc3c(Cl)cccc3Cl)cn2)cc1. The molecule has 0 saturated carbocycles. The van der Waals surface area contributed by atoms with E-state index in [1.165, 1.54) is 18.0 Å². The molecule has 1 aromatic heterocycles. The predicted molar refractivity (Wildman–Crippen MR) is 105 cm³/mol. The first-order valence-corrected chi connectivity index (χ1v) is 8.65. The molecule has 0 unspecified atom stereocenters. The van der Waals surface area contributed by atoms with Crippen LogP contribution in [0, 0.1) is 6.92 Å². The third-order valence-corrected chi connectivity index (χ3v) is 4.32. The minimum atomic E-state index is -0.384. The molecule has 0 atom stereocenters. The van der Waals surface area contributed by atoms with Crippen molar-refractivity contribution >= 4 is 40.7 Å². The molecule has 0 saturated heterocycles. The van der Waals surface area contributed by atoms with Crippen molar-refractivity contribution in [3.63, 3.8) is 0 Å². The van der Waals surface area contributed by atoms with Crippen molar-refractivity contribution in [2.24, 2.45) is 0 Å². The highest BCUT2D eigenvalue weighted by molar-refractivity contribution is 6.40. The van der Waals surface area contributed by atoms with Gasteiger partial charge in [0.25, 0.3) is 5.91 Å². The molecule has 3 rings (SSSR count). The number of para-hydroxylation sites is 1. The van der Waals surface area contributed by atoms with E-state index in [1.54, 1.807) is 18.2 Å². The van der Waals surface area contributed by atoms with Crippen LogP contribution in [0.3, 0.4) is 0 Å². The Balaban J connectivity index is 1.63. The van der Waals surface area contributed by atoms with Gasteiger partial charge in [0.2, 0.25) is 5.95 Å². The summed E-state index contributed by atoms with van der Waals surface area (Å²) < 4.78 is 0. The van der Waals surface area contributed by atoms with E-state index in [0.29, 0.717) is 33.8 Å². The molecule has 0 spiro atoms. The number of rotatable bonds is 5. The van der Waals surface area contributed by atoms with Crippen LogP contribution in [-0.4, -0.2) is 15.9 Å². The maximum atomic E-state index is 12.3. The molecule has 2 N–H and O–H groups in total. The van der Waals surface area contributed by atoms with E-state index in [2.05, 4.69) is 20.6 Å². The fourth-order valence-electron chi connectivity index (χ4n) is 2.23. The quantitative estimate of drug-likeness (QED) is 0.650. The molecule has 7 heteroatoms. The molecule has 0 fully saturated rings. The van der Waals surface area contributed by atoms with E-state index in [9.17, 15) is 4.79 Å². The summed E-state index contributed by atoms with van der Waals surface area (Å²) in [6.45, 7) is 2.64. The molecular formula is C19H16Cl2N4O. The van der Waals surface area contributed by atoms with E-state index in [4.69, 9.17) is 23.2 Å². The normalized spacial score (nSPS) is 10.4. The highest BCUT2D eigenvalue weighted by atomic mass is 35.5. The Morgan fingerprint density at radius 2 is 1.62 bits per heavy atom. The number of nitrogens with zero attached hydrogens (tertiary/aromatic N) is 2. The van der Waals surface area contributed by atoms with Gasteiger partial charge in [-0.3, -0.25) is 4.79 Å². The van der Waals surface area contributed by atoms with Crippen molar-refractivity contribution < 1.29 is 4.79 Å². The summed E-state index contributed by atoms with van der Waals surface area (Å²) in [7, 11) is 0. The number of aryl methyl sites for hydroxylation is 1. The van der Waals surface area contributed by atoms with Crippen LogP contribution in [0.2, 0.25) is 10.0 Å². The summed E-state index contributed by atoms with van der Waals surface area (Å²) in [4.78, 5) is 20.7. The summed E-state index contributed by atoms with van der Waals surface area (Å²) in [5.74, 6) is 0.0583. The van der Waals surface area contributed by atoms with Crippen LogP contribution in [0.1, 0.15) is 21.5 Å². The second-order valence-electron chi connectivity index (χ2n) is 5.69. The lowest BCUT2D eigenvalue weighted by atomic mass is 10.1. The molecule has 26 heavy (non-hydrogen) atoms. The van der Waals surface area contributed by atoms with Crippen LogP contribution in [0.5, 0.6) is 0 Å². The number of nitrogens with one attached hydrogen (secondary N) is 2. The zero-order valence-electron chi connectivity index (χ0n) is 14.0. The van der Waals surface area contributed by atoms with Gasteiger partial charge in [-0.25, -0.2) is 9.97 Å². The van der Waals surface area contributed by atoms with Crippen molar-refractivity contribution in [3.05, 3.63) is 81.6 Å². The molecule has 2 aromatic carbocycles. The largest absolute Gasteiger partial charge is 0.350 e. The van der Waals surface area contributed by atoms with Crippen LogP contribution in [-0.2, 0) is 6.54 Å². The predicted octanol–water partition coefficient (Wildman–Crippen LogP) is 4.96. The monoisotopic (exact) mass is 386 g/mol. The number of hydrogen-bond acceptors (Lipinski definition) is 4. The molecule has 0 aliphatic rings. The molecule has 5 nitrogen and oxygen atoms in total. The third-order valence-electron chi connectivity index (χ3n) is 3.69. The van der Waals surface area contributed by atoms with Crippen molar-refractivity contribution in [3.8, 4) is 0 Å². The third kappa shape index (κ3) is 4.50. The van der Waals surface area contributed by atoms with E-state index >= 15 is 0 Å². The van der Waals surface area contributed by atoms with Crippen LogP contribution < -0.4 is 10.6 Å². The standard InChI is InChI=1S/C19H16Cl2N4O/c1-12-5-7-13(8-6-12)9-22-19-23-10-14(11-24-19)18(26)25-17-15(20)3-2-4-16(17)21/h2-8,10-11H,9H2,1H3,(H,25,26)(H,22,23,24). The van der Waals surface area contributed by atoms with E-state index < -0.39 is 0 Å². The first kappa shape index (κ1) is 18.2. The number of halogens is 2. The second-order valence-corrected chi connectivity index (χ2v) is 6.50. The Morgan fingerprint density at radius 3 is 2.23 bits per heavy atom. The average molecular weight is 387 g/mol. The van der Waals surface area contributed by atoms with Gasteiger partial charge in [-0.15, -0.1) is 0 Å². The topological polar surface area (TPSA) is 66.9 Å². The molecule has 0 aliphatic carbocycles. The molecule has 1 heterocycles. The lowest BCUT2D eigenvalue weighted by molar-refractivity contribution is 0.102. The maximum Gasteiger partial charge on any atom is 0.258 e. The number of hydrogen-bond donors (Lipinski definition) is 2. The van der Waals surface area contributed by atoms with Crippen molar-refractivity contribution in [1.82, 2.24) is 9.97 Å². The smallest absolute Gasteiger partial charge is 0.258 e. The number of benzene rings is 2. The summed E-state index contributed by atoms with van der Waals surface area (Å²) in [5.41, 5.74) is 3.00. The van der Waals surface area contributed by atoms with Gasteiger partial charge < -0.3 is 10.6 Å². The maximum absolute atomic E-state index is 12.3. The summed E-state index contributed by atoms with van der Waals surface area (Å²) >= 11 is 12.1. The van der Waals surface area contributed by atoms with Crippen LogP contribution >= 0.6 is 23.2 Å². The van der Waals surface area contributed by atoms with Gasteiger partial charge in [-0.1, -0.05) is 59.1 Å². The van der Waals surface area contributed by atoms with Crippen molar-refractivity contribution in [2.45, 2.75) is 13.5 Å². The second kappa shape index (κ2) is 8.17. The van der Waals surface area contributed by atoms with Gasteiger partial charge in [0.1, 0.15) is 0 Å². The van der Waals surface area contributed by atoms with Crippen molar-refractivity contribution in [2.75, 3.05) is 10.6 Å². The fourth-order valence-corrected chi connectivity index (χ4v) is 2.72. The van der Waals surface area contributed by atoms with Crippen LogP contribution in [0.25, 0.3) is 0 Å². The Kier molecular flexibility index (Phi) is 5.71. The van der Waals surface area contributed by atoms with Crippen molar-refractivity contribution in [1.29, 1.82) is 0 Å². The Labute approximate surface area is 161 Å². The summed E-state index contributed by atoms with van der Waals surface area (Å²) in [5, 5.41) is 6.52. The minimum Gasteiger partial charge on any atom is -0.350 e. The van der Waals surface area contributed by atoms with E-state index in [-0.39, 0.29) is 5.91 Å². The number of amides is 1. The molecule has 0 radical (unpaired) electrons. The molecule has 0 bridgehead atoms. The van der Waals surface area contributed by atoms with Gasteiger partial charge in [-0.05, 0) is 24.6 Å². The minimum absolute atomic E-state index is 0.307. The Morgan fingerprint density at radius 1 is 1.00 bits per heavy atom. The number of carbonyl (C=O) groups is 1. The lowest BCUT2D eigenvalue weighted by Gasteiger charge is -2.09. The summed E-state index contributed by atoms with van der Waals surface area (Å²) in [6, 6.07) is 13.2. The Bertz CT molecular complexity index is 892. The van der Waals surface area contributed by atoms with Gasteiger partial charge >= 0.3 is 0 Å². The van der Waals surface area contributed by atoms with Gasteiger partial charge in [0, 0.05) is 18.9 Å². The molecular weight excluding hydrogens is 371 g/mol. The first-order chi connectivity index (χ1) is 12.5. The zero-order valence-corrected chi connectivity index (χ0v) is 15.5. The van der Waals surface area contributed by atoms with Gasteiger partial charge in [0.15, 0.2) is 0 Å². The van der Waals surface area contributed by atoms with Crippen LogP contribution in [0.15, 0.2) is 54.9 Å². The molecule has 0 aliphatic heterocycles. The Hall–Kier alpha value is -2.63. The number of anilines is 2. The van der Waals surface area contributed by atoms with Gasteiger partial charge in [0.05, 0.1) is 21.3 Å². The van der Waals surface area contributed by atoms with Gasteiger partial charge in [-0.2, -0.15) is 0 Å². The molecule has 132 valence electrons. The van der Waals surface area contributed by atoms with E-state index in [0.717, 1.165) is 5.56 Å². The first-order valence-electron chi connectivity index (χ1n) is 7.90. The van der Waals surface area contributed by atoms with E-state index in [1.807, 2.05) is 31.2 Å². The molecule has 3 aromatic rings.